The van der Waals surface area contributed by atoms with Crippen LogP contribution in [-0.2, 0) is 12.0 Å². The summed E-state index contributed by atoms with van der Waals surface area (Å²) in [4.78, 5) is 11.4. The van der Waals surface area contributed by atoms with Gasteiger partial charge in [0.2, 0.25) is 5.89 Å². The van der Waals surface area contributed by atoms with Gasteiger partial charge in [-0.2, -0.15) is 0 Å². The van der Waals surface area contributed by atoms with Gasteiger partial charge in [-0.15, -0.1) is 0 Å². The van der Waals surface area contributed by atoms with Crippen molar-refractivity contribution in [3.63, 3.8) is 0 Å². The van der Waals surface area contributed by atoms with Crippen LogP contribution >= 0.6 is 0 Å². The molecular formula is C20H39N5O. The molecule has 1 heterocycles. The van der Waals surface area contributed by atoms with Crippen molar-refractivity contribution in [1.82, 2.24) is 20.5 Å². The molecule has 0 aliphatic rings. The molecule has 6 heteroatoms. The Morgan fingerprint density at radius 1 is 1.27 bits per heavy atom. The first kappa shape index (κ1) is 22.5. The summed E-state index contributed by atoms with van der Waals surface area (Å²) in [5.41, 5.74) is -0.0307. The molecule has 0 radical (unpaired) electrons. The van der Waals surface area contributed by atoms with Crippen LogP contribution in [0.25, 0.3) is 0 Å². The van der Waals surface area contributed by atoms with E-state index >= 15 is 0 Å². The van der Waals surface area contributed by atoms with Crippen LogP contribution in [0.2, 0.25) is 0 Å². The topological polar surface area (TPSA) is 65.7 Å². The number of guanidine groups is 1. The van der Waals surface area contributed by atoms with E-state index in [2.05, 4.69) is 74.0 Å². The third kappa shape index (κ3) is 8.21. The largest absolute Gasteiger partial charge is 0.443 e. The molecule has 0 aliphatic heterocycles. The first-order valence-electron chi connectivity index (χ1n) is 10.0. The van der Waals surface area contributed by atoms with E-state index in [0.29, 0.717) is 18.5 Å². The van der Waals surface area contributed by atoms with E-state index in [4.69, 9.17) is 4.42 Å². The normalized spacial score (nSPS) is 13.9. The smallest absolute Gasteiger partial charge is 0.216 e. The summed E-state index contributed by atoms with van der Waals surface area (Å²) in [5, 5.41) is 6.79. The van der Waals surface area contributed by atoms with Crippen LogP contribution in [-0.4, -0.2) is 48.1 Å². The predicted molar refractivity (Wildman–Crippen MR) is 110 cm³/mol. The highest BCUT2D eigenvalue weighted by atomic mass is 16.4. The molecule has 26 heavy (non-hydrogen) atoms. The van der Waals surface area contributed by atoms with Crippen LogP contribution in [0, 0.1) is 0 Å². The molecule has 0 amide bonds. The lowest BCUT2D eigenvalue weighted by Gasteiger charge is -2.21. The minimum absolute atomic E-state index is 0.0307. The Hall–Kier alpha value is -1.56. The number of nitrogens with one attached hydrogen (secondary N) is 2. The molecule has 1 aromatic rings. The molecule has 0 aliphatic carbocycles. The number of oxazole rings is 1. The van der Waals surface area contributed by atoms with E-state index in [9.17, 15) is 0 Å². The highest BCUT2D eigenvalue weighted by Crippen LogP contribution is 2.22. The van der Waals surface area contributed by atoms with Crippen molar-refractivity contribution in [2.75, 3.05) is 26.2 Å². The zero-order valence-corrected chi connectivity index (χ0v) is 17.9. The van der Waals surface area contributed by atoms with E-state index in [1.165, 1.54) is 6.42 Å². The second-order valence-electron chi connectivity index (χ2n) is 7.78. The number of nitrogens with zero attached hydrogens (tertiary/aromatic N) is 3. The average Bonchev–Trinajstić information content (AvgIpc) is 3.06. The number of aromatic nitrogens is 1. The first-order valence-corrected chi connectivity index (χ1v) is 10.0. The quantitative estimate of drug-likeness (QED) is 0.490. The van der Waals surface area contributed by atoms with Gasteiger partial charge in [0.25, 0.3) is 0 Å². The molecule has 0 saturated carbocycles. The summed E-state index contributed by atoms with van der Waals surface area (Å²) in [6.45, 7) is 19.7. The summed E-state index contributed by atoms with van der Waals surface area (Å²) in [6.07, 6.45) is 4.11. The molecule has 0 aromatic carbocycles. The third-order valence-electron chi connectivity index (χ3n) is 4.40. The molecule has 0 spiro atoms. The van der Waals surface area contributed by atoms with E-state index in [1.807, 2.05) is 0 Å². The Morgan fingerprint density at radius 3 is 2.50 bits per heavy atom. The Bertz CT molecular complexity index is 529. The highest BCUT2D eigenvalue weighted by molar-refractivity contribution is 5.79. The Kier molecular flexibility index (Phi) is 9.70. The van der Waals surface area contributed by atoms with Crippen molar-refractivity contribution < 1.29 is 4.42 Å². The monoisotopic (exact) mass is 365 g/mol. The fraction of sp³-hybridized carbons (Fsp3) is 0.800. The maximum Gasteiger partial charge on any atom is 0.216 e. The van der Waals surface area contributed by atoms with Gasteiger partial charge < -0.3 is 20.0 Å². The molecule has 0 fully saturated rings. The van der Waals surface area contributed by atoms with E-state index in [1.54, 1.807) is 6.20 Å². The van der Waals surface area contributed by atoms with Gasteiger partial charge in [0.1, 0.15) is 12.3 Å². The minimum Gasteiger partial charge on any atom is -0.443 e. The first-order chi connectivity index (χ1) is 12.3. The van der Waals surface area contributed by atoms with Crippen LogP contribution < -0.4 is 10.6 Å². The van der Waals surface area contributed by atoms with Crippen molar-refractivity contribution in [1.29, 1.82) is 0 Å². The average molecular weight is 366 g/mol. The Morgan fingerprint density at radius 2 is 1.96 bits per heavy atom. The van der Waals surface area contributed by atoms with Crippen molar-refractivity contribution in [3.05, 3.63) is 17.8 Å². The number of hydrogen-bond acceptors (Lipinski definition) is 4. The van der Waals surface area contributed by atoms with Crippen molar-refractivity contribution in [2.24, 2.45) is 4.99 Å². The zero-order chi connectivity index (χ0) is 19.6. The standard InChI is InChI=1S/C20H39N5O/c1-8-21-19(24-16(4)12-11-13-25(9-2)10-3)23-15-18-22-14-17(26-18)20(5,6)7/h14,16H,8-13,15H2,1-7H3,(H2,21,23,24). The fourth-order valence-corrected chi connectivity index (χ4v) is 2.66. The lowest BCUT2D eigenvalue weighted by Crippen LogP contribution is -2.42. The number of rotatable bonds is 10. The van der Waals surface area contributed by atoms with Gasteiger partial charge in [0.05, 0.1) is 6.20 Å². The van der Waals surface area contributed by atoms with Crippen LogP contribution in [0.1, 0.15) is 73.0 Å². The van der Waals surface area contributed by atoms with E-state index in [0.717, 1.165) is 44.3 Å². The summed E-state index contributed by atoms with van der Waals surface area (Å²) in [5.74, 6) is 2.37. The molecule has 0 saturated heterocycles. The fourth-order valence-electron chi connectivity index (χ4n) is 2.66. The molecule has 6 nitrogen and oxygen atoms in total. The molecule has 2 N–H and O–H groups in total. The third-order valence-corrected chi connectivity index (χ3v) is 4.40. The molecule has 1 atom stereocenters. The van der Waals surface area contributed by atoms with E-state index in [-0.39, 0.29) is 5.41 Å². The Balaban J connectivity index is 2.53. The molecule has 150 valence electrons. The molecule has 1 unspecified atom stereocenters. The van der Waals surface area contributed by atoms with Crippen LogP contribution in [0.5, 0.6) is 0 Å². The van der Waals surface area contributed by atoms with Crippen LogP contribution in [0.3, 0.4) is 0 Å². The number of hydrogen-bond donors (Lipinski definition) is 2. The molecule has 1 aromatic heterocycles. The van der Waals surface area contributed by atoms with Gasteiger partial charge in [-0.25, -0.2) is 9.98 Å². The zero-order valence-electron chi connectivity index (χ0n) is 17.9. The second kappa shape index (κ2) is 11.2. The van der Waals surface area contributed by atoms with Crippen LogP contribution in [0.4, 0.5) is 0 Å². The van der Waals surface area contributed by atoms with Crippen molar-refractivity contribution in [2.45, 2.75) is 79.3 Å². The van der Waals surface area contributed by atoms with Gasteiger partial charge in [-0.1, -0.05) is 34.6 Å². The van der Waals surface area contributed by atoms with Gasteiger partial charge in [0, 0.05) is 18.0 Å². The van der Waals surface area contributed by atoms with Gasteiger partial charge in [-0.05, 0) is 46.3 Å². The van der Waals surface area contributed by atoms with Crippen molar-refractivity contribution in [3.8, 4) is 0 Å². The summed E-state index contributed by atoms with van der Waals surface area (Å²) < 4.78 is 5.82. The van der Waals surface area contributed by atoms with E-state index < -0.39 is 0 Å². The highest BCUT2D eigenvalue weighted by Gasteiger charge is 2.19. The van der Waals surface area contributed by atoms with Gasteiger partial charge >= 0.3 is 0 Å². The minimum atomic E-state index is -0.0307. The van der Waals surface area contributed by atoms with Crippen molar-refractivity contribution >= 4 is 5.96 Å². The maximum absolute atomic E-state index is 5.82. The lowest BCUT2D eigenvalue weighted by atomic mass is 9.94. The predicted octanol–water partition coefficient (Wildman–Crippen LogP) is 3.54. The number of aliphatic imine (C=N–C) groups is 1. The summed E-state index contributed by atoms with van der Waals surface area (Å²) >= 11 is 0. The maximum atomic E-state index is 5.82. The van der Waals surface area contributed by atoms with Gasteiger partial charge in [0.15, 0.2) is 5.96 Å². The summed E-state index contributed by atoms with van der Waals surface area (Å²) in [7, 11) is 0. The molecule has 1 rings (SSSR count). The van der Waals surface area contributed by atoms with Crippen LogP contribution in [0.15, 0.2) is 15.6 Å². The molecule has 0 bridgehead atoms. The SMILES string of the molecule is CCNC(=NCc1ncc(C(C)(C)C)o1)NC(C)CCCN(CC)CC. The summed E-state index contributed by atoms with van der Waals surface area (Å²) in [6, 6.07) is 0.373. The molecular weight excluding hydrogens is 326 g/mol. The lowest BCUT2D eigenvalue weighted by molar-refractivity contribution is 0.292. The Labute approximate surface area is 159 Å². The van der Waals surface area contributed by atoms with Gasteiger partial charge in [-0.3, -0.25) is 0 Å². The second-order valence-corrected chi connectivity index (χ2v) is 7.78.